The van der Waals surface area contributed by atoms with Gasteiger partial charge in [0.1, 0.15) is 5.69 Å². The van der Waals surface area contributed by atoms with Crippen LogP contribution in [0, 0.1) is 5.92 Å². The fraction of sp³-hybridized carbons (Fsp3) is 0.727. The zero-order chi connectivity index (χ0) is 10.8. The van der Waals surface area contributed by atoms with Crippen LogP contribution >= 0.6 is 0 Å². The predicted molar refractivity (Wildman–Crippen MR) is 59.8 cm³/mol. The van der Waals surface area contributed by atoms with Crippen LogP contribution in [0.4, 0.5) is 5.69 Å². The van der Waals surface area contributed by atoms with E-state index in [4.69, 9.17) is 10.5 Å². The van der Waals surface area contributed by atoms with Crippen molar-refractivity contribution >= 4 is 5.69 Å². The van der Waals surface area contributed by atoms with E-state index in [2.05, 4.69) is 12.0 Å². The normalized spacial score (nSPS) is 15.6. The number of ether oxygens (including phenoxy) is 1. The molecule has 15 heavy (non-hydrogen) atoms. The lowest BCUT2D eigenvalue weighted by Gasteiger charge is -2.05. The molecule has 4 nitrogen and oxygen atoms in total. The van der Waals surface area contributed by atoms with E-state index in [9.17, 15) is 0 Å². The summed E-state index contributed by atoms with van der Waals surface area (Å²) in [6, 6.07) is 0. The number of aromatic nitrogens is 2. The fourth-order valence-corrected chi connectivity index (χ4v) is 1.65. The van der Waals surface area contributed by atoms with E-state index in [-0.39, 0.29) is 0 Å². The Kier molecular flexibility index (Phi) is 2.84. The largest absolute Gasteiger partial charge is 0.476 e. The molecule has 1 aromatic rings. The molecule has 0 bridgehead atoms. The Labute approximate surface area is 90.4 Å². The van der Waals surface area contributed by atoms with E-state index in [0.29, 0.717) is 0 Å². The Balaban J connectivity index is 2.06. The number of rotatable bonds is 5. The Morgan fingerprint density at radius 1 is 1.53 bits per heavy atom. The second-order valence-electron chi connectivity index (χ2n) is 4.29. The van der Waals surface area contributed by atoms with Crippen LogP contribution in [0.15, 0.2) is 0 Å². The molecule has 0 saturated heterocycles. The van der Waals surface area contributed by atoms with Gasteiger partial charge in [0.25, 0.3) is 0 Å². The second kappa shape index (κ2) is 4.13. The van der Waals surface area contributed by atoms with Gasteiger partial charge in [-0.1, -0.05) is 13.3 Å². The van der Waals surface area contributed by atoms with Crippen LogP contribution in [-0.4, -0.2) is 16.4 Å². The molecule has 1 aromatic heterocycles. The average molecular weight is 209 g/mol. The number of hydrogen-bond acceptors (Lipinski definition) is 3. The summed E-state index contributed by atoms with van der Waals surface area (Å²) >= 11 is 0. The molecular weight excluding hydrogens is 190 g/mol. The third-order valence-corrected chi connectivity index (χ3v) is 2.75. The number of nitrogens with zero attached hydrogens (tertiary/aromatic N) is 2. The monoisotopic (exact) mass is 209 g/mol. The van der Waals surface area contributed by atoms with E-state index in [0.717, 1.165) is 42.6 Å². The lowest BCUT2D eigenvalue weighted by molar-refractivity contribution is 0.276. The van der Waals surface area contributed by atoms with Crippen molar-refractivity contribution in [3.8, 4) is 5.88 Å². The summed E-state index contributed by atoms with van der Waals surface area (Å²) < 4.78 is 7.45. The first kappa shape index (κ1) is 10.3. The molecule has 1 heterocycles. The van der Waals surface area contributed by atoms with Crippen molar-refractivity contribution in [2.75, 3.05) is 12.3 Å². The van der Waals surface area contributed by atoms with Crippen molar-refractivity contribution in [3.05, 3.63) is 5.69 Å². The molecular formula is C11H19N3O. The van der Waals surface area contributed by atoms with Crippen LogP contribution in [-0.2, 0) is 13.5 Å². The smallest absolute Gasteiger partial charge is 0.235 e. The highest BCUT2D eigenvalue weighted by Crippen LogP contribution is 2.31. The Bertz CT molecular complexity index is 342. The third kappa shape index (κ3) is 2.25. The molecule has 2 N–H and O–H groups in total. The highest BCUT2D eigenvalue weighted by atomic mass is 16.5. The molecule has 0 aliphatic heterocycles. The van der Waals surface area contributed by atoms with Crippen LogP contribution in [0.3, 0.4) is 0 Å². The van der Waals surface area contributed by atoms with E-state index in [1.54, 1.807) is 4.68 Å². The molecule has 4 heteroatoms. The molecule has 1 saturated carbocycles. The highest BCUT2D eigenvalue weighted by molar-refractivity contribution is 5.53. The van der Waals surface area contributed by atoms with Crippen LogP contribution in [0.25, 0.3) is 0 Å². The van der Waals surface area contributed by atoms with E-state index in [1.165, 1.54) is 12.8 Å². The van der Waals surface area contributed by atoms with Gasteiger partial charge in [-0.2, -0.15) is 5.10 Å². The molecule has 1 aliphatic rings. The van der Waals surface area contributed by atoms with Crippen molar-refractivity contribution in [1.82, 2.24) is 9.78 Å². The second-order valence-corrected chi connectivity index (χ2v) is 4.29. The molecule has 1 aliphatic carbocycles. The van der Waals surface area contributed by atoms with Crippen molar-refractivity contribution in [1.29, 1.82) is 0 Å². The van der Waals surface area contributed by atoms with Gasteiger partial charge < -0.3 is 10.5 Å². The van der Waals surface area contributed by atoms with Crippen LogP contribution in [0.1, 0.15) is 31.9 Å². The first-order valence-electron chi connectivity index (χ1n) is 5.66. The maximum absolute atomic E-state index is 5.99. The summed E-state index contributed by atoms with van der Waals surface area (Å²) in [6.45, 7) is 2.91. The SMILES string of the molecule is CCCc1nn(C)c(OCC2CC2)c1N. The van der Waals surface area contributed by atoms with E-state index in [1.807, 2.05) is 7.05 Å². The number of nitrogens with two attached hydrogens (primary N) is 1. The molecule has 0 unspecified atom stereocenters. The lowest BCUT2D eigenvalue weighted by Crippen LogP contribution is -2.05. The van der Waals surface area contributed by atoms with Crippen LogP contribution in [0.5, 0.6) is 5.88 Å². The van der Waals surface area contributed by atoms with E-state index >= 15 is 0 Å². The van der Waals surface area contributed by atoms with Gasteiger partial charge in [0, 0.05) is 7.05 Å². The minimum Gasteiger partial charge on any atom is -0.476 e. The molecule has 0 amide bonds. The number of nitrogen functional groups attached to an aromatic ring is 1. The lowest BCUT2D eigenvalue weighted by atomic mass is 10.2. The topological polar surface area (TPSA) is 53.1 Å². The van der Waals surface area contributed by atoms with Crippen molar-refractivity contribution < 1.29 is 4.74 Å². The van der Waals surface area contributed by atoms with Gasteiger partial charge in [0.15, 0.2) is 0 Å². The molecule has 1 fully saturated rings. The zero-order valence-electron chi connectivity index (χ0n) is 9.49. The first-order valence-corrected chi connectivity index (χ1v) is 5.66. The Morgan fingerprint density at radius 2 is 2.27 bits per heavy atom. The van der Waals surface area contributed by atoms with Gasteiger partial charge >= 0.3 is 0 Å². The summed E-state index contributed by atoms with van der Waals surface area (Å²) in [7, 11) is 1.89. The predicted octanol–water partition coefficient (Wildman–Crippen LogP) is 1.74. The van der Waals surface area contributed by atoms with Crippen LogP contribution in [0.2, 0.25) is 0 Å². The van der Waals surface area contributed by atoms with Gasteiger partial charge in [0.2, 0.25) is 5.88 Å². The third-order valence-electron chi connectivity index (χ3n) is 2.75. The molecule has 0 atom stereocenters. The quantitative estimate of drug-likeness (QED) is 0.803. The van der Waals surface area contributed by atoms with Gasteiger partial charge in [-0.3, -0.25) is 0 Å². The summed E-state index contributed by atoms with van der Waals surface area (Å²) in [4.78, 5) is 0. The molecule has 2 rings (SSSR count). The molecule has 0 aromatic carbocycles. The maximum atomic E-state index is 5.99. The van der Waals surface area contributed by atoms with Crippen LogP contribution < -0.4 is 10.5 Å². The molecule has 84 valence electrons. The minimum absolute atomic E-state index is 0.722. The molecule has 0 radical (unpaired) electrons. The van der Waals surface area contributed by atoms with Gasteiger partial charge in [-0.05, 0) is 25.2 Å². The summed E-state index contributed by atoms with van der Waals surface area (Å²) in [6.07, 6.45) is 4.56. The minimum atomic E-state index is 0.722. The zero-order valence-corrected chi connectivity index (χ0v) is 9.49. The summed E-state index contributed by atoms with van der Waals surface area (Å²) in [5.74, 6) is 1.49. The Hall–Kier alpha value is -1.19. The van der Waals surface area contributed by atoms with Gasteiger partial charge in [-0.25, -0.2) is 4.68 Å². The summed E-state index contributed by atoms with van der Waals surface area (Å²) in [5, 5.41) is 4.36. The first-order chi connectivity index (χ1) is 7.22. The van der Waals surface area contributed by atoms with Crippen molar-refractivity contribution in [2.24, 2.45) is 13.0 Å². The Morgan fingerprint density at radius 3 is 2.87 bits per heavy atom. The standard InChI is InChI=1S/C11H19N3O/c1-3-4-9-10(12)11(14(2)13-9)15-7-8-5-6-8/h8H,3-7,12H2,1-2H3. The maximum Gasteiger partial charge on any atom is 0.235 e. The summed E-state index contributed by atoms with van der Waals surface area (Å²) in [5.41, 5.74) is 7.67. The highest BCUT2D eigenvalue weighted by Gasteiger charge is 2.23. The van der Waals surface area contributed by atoms with Gasteiger partial charge in [0.05, 0.1) is 12.3 Å². The van der Waals surface area contributed by atoms with Crippen molar-refractivity contribution in [3.63, 3.8) is 0 Å². The molecule has 0 spiro atoms. The number of aryl methyl sites for hydroxylation is 2. The fourth-order valence-electron chi connectivity index (χ4n) is 1.65. The van der Waals surface area contributed by atoms with Gasteiger partial charge in [-0.15, -0.1) is 0 Å². The van der Waals surface area contributed by atoms with E-state index < -0.39 is 0 Å². The number of anilines is 1. The number of hydrogen-bond donors (Lipinski definition) is 1. The van der Waals surface area contributed by atoms with Crippen molar-refractivity contribution in [2.45, 2.75) is 32.6 Å². The average Bonchev–Trinajstić information content (AvgIpc) is 2.97.